The molecule has 2 aromatic heterocycles. The SMILES string of the molecule is C[C@H]1CC[C@H](OC(=O)C2CCN(c3oc(-c4ccco4)nc3C#N)CC2)C1. The molecular weight excluding hydrogens is 346 g/mol. The predicted octanol–water partition coefficient (Wildman–Crippen LogP) is 3.75. The third kappa shape index (κ3) is 3.70. The van der Waals surface area contributed by atoms with Gasteiger partial charge in [-0.3, -0.25) is 4.79 Å². The summed E-state index contributed by atoms with van der Waals surface area (Å²) in [5.74, 6) is 1.70. The number of carbonyl (C=O) groups excluding carboxylic acids is 1. The van der Waals surface area contributed by atoms with Gasteiger partial charge >= 0.3 is 5.97 Å². The van der Waals surface area contributed by atoms with E-state index in [1.165, 1.54) is 6.26 Å². The molecule has 2 fully saturated rings. The van der Waals surface area contributed by atoms with Gasteiger partial charge in [-0.25, -0.2) is 0 Å². The molecule has 1 saturated heterocycles. The fourth-order valence-corrected chi connectivity index (χ4v) is 3.95. The van der Waals surface area contributed by atoms with E-state index in [4.69, 9.17) is 13.6 Å². The number of anilines is 1. The van der Waals surface area contributed by atoms with E-state index in [0.29, 0.717) is 49.4 Å². The third-order valence-corrected chi connectivity index (χ3v) is 5.49. The van der Waals surface area contributed by atoms with Gasteiger partial charge in [-0.1, -0.05) is 6.92 Å². The van der Waals surface area contributed by atoms with E-state index in [1.54, 1.807) is 12.1 Å². The molecule has 1 aliphatic carbocycles. The van der Waals surface area contributed by atoms with Gasteiger partial charge in [-0.05, 0) is 50.2 Å². The Bertz CT molecular complexity index is 828. The summed E-state index contributed by atoms with van der Waals surface area (Å²) in [5, 5.41) is 9.38. The van der Waals surface area contributed by atoms with Gasteiger partial charge in [-0.15, -0.1) is 0 Å². The number of carbonyl (C=O) groups is 1. The van der Waals surface area contributed by atoms with Gasteiger partial charge in [0.25, 0.3) is 5.89 Å². The Labute approximate surface area is 157 Å². The highest BCUT2D eigenvalue weighted by atomic mass is 16.5. The molecule has 2 atom stereocenters. The fourth-order valence-electron chi connectivity index (χ4n) is 3.95. The van der Waals surface area contributed by atoms with Crippen LogP contribution < -0.4 is 4.90 Å². The number of piperidine rings is 1. The molecule has 2 aromatic rings. The van der Waals surface area contributed by atoms with Crippen molar-refractivity contribution in [2.24, 2.45) is 11.8 Å². The molecule has 0 unspecified atom stereocenters. The zero-order valence-corrected chi connectivity index (χ0v) is 15.4. The van der Waals surface area contributed by atoms with Crippen molar-refractivity contribution < 1.29 is 18.4 Å². The molecule has 1 aliphatic heterocycles. The average molecular weight is 369 g/mol. The number of esters is 1. The van der Waals surface area contributed by atoms with Gasteiger partial charge in [0.1, 0.15) is 12.2 Å². The second-order valence-corrected chi connectivity index (χ2v) is 7.50. The Morgan fingerprint density at radius 1 is 1.33 bits per heavy atom. The van der Waals surface area contributed by atoms with Crippen LogP contribution in [0.4, 0.5) is 5.88 Å². The lowest BCUT2D eigenvalue weighted by molar-refractivity contribution is -0.154. The van der Waals surface area contributed by atoms with Gasteiger partial charge in [-0.2, -0.15) is 10.2 Å². The van der Waals surface area contributed by atoms with Gasteiger partial charge < -0.3 is 18.5 Å². The first kappa shape index (κ1) is 17.7. The summed E-state index contributed by atoms with van der Waals surface area (Å²) in [5.41, 5.74) is 0.238. The van der Waals surface area contributed by atoms with Crippen LogP contribution in [0.2, 0.25) is 0 Å². The lowest BCUT2D eigenvalue weighted by Gasteiger charge is -2.31. The van der Waals surface area contributed by atoms with E-state index in [-0.39, 0.29) is 23.7 Å². The Hall–Kier alpha value is -2.75. The number of furan rings is 1. The van der Waals surface area contributed by atoms with Gasteiger partial charge in [0, 0.05) is 13.1 Å². The largest absolute Gasteiger partial charge is 0.462 e. The van der Waals surface area contributed by atoms with E-state index in [2.05, 4.69) is 18.0 Å². The first-order chi connectivity index (χ1) is 13.1. The van der Waals surface area contributed by atoms with Crippen LogP contribution in [0, 0.1) is 23.2 Å². The van der Waals surface area contributed by atoms with Crippen molar-refractivity contribution in [1.82, 2.24) is 4.98 Å². The number of ether oxygens (including phenoxy) is 1. The minimum atomic E-state index is -0.0878. The molecule has 0 radical (unpaired) electrons. The number of nitrogens with zero attached hydrogens (tertiary/aromatic N) is 3. The van der Waals surface area contributed by atoms with E-state index < -0.39 is 0 Å². The number of aromatic nitrogens is 1. The van der Waals surface area contributed by atoms with Crippen LogP contribution in [-0.2, 0) is 9.53 Å². The maximum absolute atomic E-state index is 12.4. The average Bonchev–Trinajstić information content (AvgIpc) is 3.42. The zero-order valence-electron chi connectivity index (χ0n) is 15.4. The molecule has 7 nitrogen and oxygen atoms in total. The molecule has 4 rings (SSSR count). The van der Waals surface area contributed by atoms with Gasteiger partial charge in [0.2, 0.25) is 11.6 Å². The highest BCUT2D eigenvalue weighted by molar-refractivity contribution is 5.73. The monoisotopic (exact) mass is 369 g/mol. The molecule has 0 amide bonds. The topological polar surface area (TPSA) is 92.5 Å². The lowest BCUT2D eigenvalue weighted by Crippen LogP contribution is -2.37. The summed E-state index contributed by atoms with van der Waals surface area (Å²) < 4.78 is 16.8. The van der Waals surface area contributed by atoms with E-state index >= 15 is 0 Å². The second kappa shape index (κ2) is 7.47. The number of oxazole rings is 1. The first-order valence-electron chi connectivity index (χ1n) is 9.54. The van der Waals surface area contributed by atoms with Gasteiger partial charge in [0.05, 0.1) is 12.2 Å². The Kier molecular flexibility index (Phi) is 4.88. The number of hydrogen-bond acceptors (Lipinski definition) is 7. The summed E-state index contributed by atoms with van der Waals surface area (Å²) in [6, 6.07) is 5.56. The quantitative estimate of drug-likeness (QED) is 0.758. The molecule has 7 heteroatoms. The maximum atomic E-state index is 12.4. The van der Waals surface area contributed by atoms with Crippen molar-refractivity contribution >= 4 is 11.9 Å². The summed E-state index contributed by atoms with van der Waals surface area (Å²) in [6.07, 6.45) is 6.07. The Morgan fingerprint density at radius 2 is 2.15 bits per heavy atom. The molecule has 2 aliphatic rings. The molecule has 0 bridgehead atoms. The fraction of sp³-hybridized carbons (Fsp3) is 0.550. The molecule has 0 spiro atoms. The van der Waals surface area contributed by atoms with Crippen molar-refractivity contribution in [3.63, 3.8) is 0 Å². The first-order valence-corrected chi connectivity index (χ1v) is 9.54. The van der Waals surface area contributed by atoms with E-state index in [0.717, 1.165) is 19.3 Å². The predicted molar refractivity (Wildman–Crippen MR) is 96.8 cm³/mol. The summed E-state index contributed by atoms with van der Waals surface area (Å²) >= 11 is 0. The number of hydrogen-bond donors (Lipinski definition) is 0. The normalized spacial score (nSPS) is 23.3. The van der Waals surface area contributed by atoms with Crippen LogP contribution in [0.3, 0.4) is 0 Å². The van der Waals surface area contributed by atoms with Crippen molar-refractivity contribution in [3.05, 3.63) is 24.1 Å². The van der Waals surface area contributed by atoms with Crippen LogP contribution in [-0.4, -0.2) is 30.1 Å². The molecule has 0 aromatic carbocycles. The third-order valence-electron chi connectivity index (χ3n) is 5.49. The summed E-state index contributed by atoms with van der Waals surface area (Å²) in [6.45, 7) is 3.46. The van der Waals surface area contributed by atoms with Crippen LogP contribution in [0.1, 0.15) is 44.7 Å². The van der Waals surface area contributed by atoms with Crippen LogP contribution in [0.15, 0.2) is 27.2 Å². The molecular formula is C20H23N3O4. The van der Waals surface area contributed by atoms with Gasteiger partial charge in [0.15, 0.2) is 5.76 Å². The minimum absolute atomic E-state index is 0.0805. The smallest absolute Gasteiger partial charge is 0.309 e. The van der Waals surface area contributed by atoms with Crippen molar-refractivity contribution in [3.8, 4) is 17.7 Å². The molecule has 142 valence electrons. The minimum Gasteiger partial charge on any atom is -0.462 e. The van der Waals surface area contributed by atoms with Crippen LogP contribution in [0.25, 0.3) is 11.7 Å². The highest BCUT2D eigenvalue weighted by Gasteiger charge is 2.32. The number of rotatable bonds is 4. The maximum Gasteiger partial charge on any atom is 0.309 e. The van der Waals surface area contributed by atoms with E-state index in [9.17, 15) is 10.1 Å². The lowest BCUT2D eigenvalue weighted by atomic mass is 9.97. The number of nitriles is 1. The van der Waals surface area contributed by atoms with Crippen LogP contribution in [0.5, 0.6) is 0 Å². The molecule has 27 heavy (non-hydrogen) atoms. The van der Waals surface area contributed by atoms with E-state index in [1.807, 2.05) is 4.90 Å². The highest BCUT2D eigenvalue weighted by Crippen LogP contribution is 2.32. The Balaban J connectivity index is 1.38. The van der Waals surface area contributed by atoms with Crippen molar-refractivity contribution in [1.29, 1.82) is 5.26 Å². The second-order valence-electron chi connectivity index (χ2n) is 7.50. The standard InChI is InChI=1S/C20H23N3O4/c1-13-4-5-15(11-13)26-20(24)14-6-8-23(9-7-14)19-16(12-21)22-18(27-19)17-3-2-10-25-17/h2-3,10,13-15H,4-9,11H2,1H3/t13-,15-/m0/s1. The van der Waals surface area contributed by atoms with Crippen LogP contribution >= 0.6 is 0 Å². The van der Waals surface area contributed by atoms with Crippen molar-refractivity contribution in [2.75, 3.05) is 18.0 Å². The Morgan fingerprint density at radius 3 is 2.78 bits per heavy atom. The summed E-state index contributed by atoms with van der Waals surface area (Å²) in [4.78, 5) is 18.6. The zero-order chi connectivity index (χ0) is 18.8. The molecule has 1 saturated carbocycles. The van der Waals surface area contributed by atoms with Crippen molar-refractivity contribution in [2.45, 2.75) is 45.1 Å². The molecule has 3 heterocycles. The summed E-state index contributed by atoms with van der Waals surface area (Å²) in [7, 11) is 0. The molecule has 0 N–H and O–H groups in total.